The maximum absolute atomic E-state index is 12.2. The minimum absolute atomic E-state index is 0.282. The number of carbonyl (C=O) groups excluding carboxylic acids is 1. The number of ether oxygens (including phenoxy) is 1. The lowest BCUT2D eigenvalue weighted by molar-refractivity contribution is -0.144. The maximum Gasteiger partial charge on any atom is 0.325 e. The van der Waals surface area contributed by atoms with E-state index < -0.39 is 12.0 Å². The largest absolute Gasteiger partial charge is 0.468 e. The zero-order chi connectivity index (χ0) is 10.4. The van der Waals surface area contributed by atoms with Crippen molar-refractivity contribution < 1.29 is 14.0 Å². The summed E-state index contributed by atoms with van der Waals surface area (Å²) in [6.07, 6.45) is 0.282. The first-order valence-corrected chi connectivity index (χ1v) is 4.26. The molecule has 14 heavy (non-hydrogen) atoms. The van der Waals surface area contributed by atoms with Crippen LogP contribution in [-0.4, -0.2) is 19.1 Å². The lowest BCUT2D eigenvalue weighted by Gasteiger charge is -2.10. The summed E-state index contributed by atoms with van der Waals surface area (Å²) in [5.41, 5.74) is 2.31. The van der Waals surface area contributed by atoms with E-state index in [1.807, 2.05) is 30.3 Å². The predicted molar refractivity (Wildman–Crippen MR) is 50.2 cm³/mol. The van der Waals surface area contributed by atoms with E-state index in [-0.39, 0.29) is 6.42 Å². The molecular formula is C10H12FNO2. The first-order valence-electron chi connectivity index (χ1n) is 4.26. The number of hydrogen-bond donors (Lipinski definition) is 1. The first-order chi connectivity index (χ1) is 6.77. The fourth-order valence-corrected chi connectivity index (χ4v) is 1.16. The monoisotopic (exact) mass is 197 g/mol. The van der Waals surface area contributed by atoms with Crippen LogP contribution < -0.4 is 5.54 Å². The molecule has 0 saturated carbocycles. The minimum atomic E-state index is -0.928. The van der Waals surface area contributed by atoms with Gasteiger partial charge in [0, 0.05) is 6.42 Å². The van der Waals surface area contributed by atoms with Gasteiger partial charge in [0.2, 0.25) is 0 Å². The smallest absolute Gasteiger partial charge is 0.325 e. The molecule has 0 saturated heterocycles. The van der Waals surface area contributed by atoms with E-state index in [0.717, 1.165) is 5.56 Å². The molecule has 0 aliphatic heterocycles. The third-order valence-electron chi connectivity index (χ3n) is 1.90. The van der Waals surface area contributed by atoms with Gasteiger partial charge in [-0.2, -0.15) is 0 Å². The summed E-state index contributed by atoms with van der Waals surface area (Å²) in [6, 6.07) is 8.26. The Morgan fingerprint density at radius 1 is 1.50 bits per heavy atom. The van der Waals surface area contributed by atoms with Gasteiger partial charge in [-0.15, -0.1) is 10.0 Å². The molecule has 76 valence electrons. The summed E-state index contributed by atoms with van der Waals surface area (Å²) < 4.78 is 16.7. The molecule has 3 nitrogen and oxygen atoms in total. The number of carbonyl (C=O) groups is 1. The first kappa shape index (κ1) is 10.7. The average Bonchev–Trinajstić information content (AvgIpc) is 2.26. The van der Waals surface area contributed by atoms with Crippen LogP contribution in [0.15, 0.2) is 30.3 Å². The molecule has 0 heterocycles. The van der Waals surface area contributed by atoms with Crippen LogP contribution in [0.1, 0.15) is 5.56 Å². The van der Waals surface area contributed by atoms with Gasteiger partial charge in [-0.3, -0.25) is 4.79 Å². The van der Waals surface area contributed by atoms with Gasteiger partial charge in [0.25, 0.3) is 0 Å². The summed E-state index contributed by atoms with van der Waals surface area (Å²) in [7, 11) is 1.23. The highest BCUT2D eigenvalue weighted by atomic mass is 19.2. The second kappa shape index (κ2) is 5.34. The van der Waals surface area contributed by atoms with Crippen molar-refractivity contribution in [2.24, 2.45) is 0 Å². The second-order valence-electron chi connectivity index (χ2n) is 2.87. The van der Waals surface area contributed by atoms with E-state index >= 15 is 0 Å². The van der Waals surface area contributed by atoms with Gasteiger partial charge in [-0.05, 0) is 5.56 Å². The average molecular weight is 197 g/mol. The molecule has 1 atom stereocenters. The van der Waals surface area contributed by atoms with Gasteiger partial charge >= 0.3 is 5.97 Å². The zero-order valence-corrected chi connectivity index (χ0v) is 7.87. The van der Waals surface area contributed by atoms with Gasteiger partial charge in [0.05, 0.1) is 7.11 Å². The summed E-state index contributed by atoms with van der Waals surface area (Å²) in [4.78, 5) is 11.0. The van der Waals surface area contributed by atoms with Crippen molar-refractivity contribution in [2.75, 3.05) is 7.11 Å². The van der Waals surface area contributed by atoms with Crippen molar-refractivity contribution in [2.45, 2.75) is 12.5 Å². The summed E-state index contributed by atoms with van der Waals surface area (Å²) in [5.74, 6) is -0.601. The molecule has 0 fully saturated rings. The molecule has 0 amide bonds. The van der Waals surface area contributed by atoms with E-state index in [4.69, 9.17) is 0 Å². The van der Waals surface area contributed by atoms with Crippen LogP contribution in [0.3, 0.4) is 0 Å². The summed E-state index contributed by atoms with van der Waals surface area (Å²) in [6.45, 7) is 0. The Hall–Kier alpha value is -1.42. The molecule has 0 aromatic heterocycles. The quantitative estimate of drug-likeness (QED) is 0.583. The van der Waals surface area contributed by atoms with Crippen LogP contribution >= 0.6 is 0 Å². The molecule has 0 aliphatic rings. The Labute approximate surface area is 81.8 Å². The van der Waals surface area contributed by atoms with E-state index in [2.05, 4.69) is 4.74 Å². The van der Waals surface area contributed by atoms with Crippen molar-refractivity contribution >= 4 is 5.97 Å². The molecule has 0 radical (unpaired) electrons. The molecule has 4 heteroatoms. The molecule has 1 N–H and O–H groups in total. The SMILES string of the molecule is COC(=O)[C@H](Cc1ccccc1)NF. The Morgan fingerprint density at radius 2 is 2.14 bits per heavy atom. The Balaban J connectivity index is 2.62. The van der Waals surface area contributed by atoms with Crippen LogP contribution in [0.5, 0.6) is 0 Å². The fraction of sp³-hybridized carbons (Fsp3) is 0.300. The summed E-state index contributed by atoms with van der Waals surface area (Å²) >= 11 is 0. The van der Waals surface area contributed by atoms with Crippen molar-refractivity contribution in [1.82, 2.24) is 5.54 Å². The third-order valence-corrected chi connectivity index (χ3v) is 1.90. The predicted octanol–water partition coefficient (Wildman–Crippen LogP) is 1.24. The van der Waals surface area contributed by atoms with Gasteiger partial charge in [-0.25, -0.2) is 0 Å². The molecular weight excluding hydrogens is 185 g/mol. The zero-order valence-electron chi connectivity index (χ0n) is 7.87. The molecule has 0 aliphatic carbocycles. The molecule has 0 bridgehead atoms. The van der Waals surface area contributed by atoms with Gasteiger partial charge in [0.1, 0.15) is 6.04 Å². The van der Waals surface area contributed by atoms with Crippen molar-refractivity contribution in [1.29, 1.82) is 0 Å². The van der Waals surface area contributed by atoms with Crippen LogP contribution in [0.2, 0.25) is 0 Å². The number of halogens is 1. The molecule has 0 spiro atoms. The number of rotatable bonds is 4. The van der Waals surface area contributed by atoms with Crippen LogP contribution in [0.25, 0.3) is 0 Å². The number of methoxy groups -OCH3 is 1. The third kappa shape index (κ3) is 2.81. The van der Waals surface area contributed by atoms with E-state index in [9.17, 15) is 9.28 Å². The maximum atomic E-state index is 12.2. The van der Waals surface area contributed by atoms with Gasteiger partial charge in [0.15, 0.2) is 0 Å². The Bertz CT molecular complexity index is 289. The van der Waals surface area contributed by atoms with Crippen molar-refractivity contribution in [3.8, 4) is 0 Å². The fourth-order valence-electron chi connectivity index (χ4n) is 1.16. The lowest BCUT2D eigenvalue weighted by atomic mass is 10.1. The molecule has 0 unspecified atom stereocenters. The second-order valence-corrected chi connectivity index (χ2v) is 2.87. The van der Waals surface area contributed by atoms with E-state index in [1.54, 1.807) is 0 Å². The van der Waals surface area contributed by atoms with Crippen LogP contribution in [0.4, 0.5) is 4.48 Å². The number of hydrogen-bond acceptors (Lipinski definition) is 3. The molecule has 1 aromatic rings. The summed E-state index contributed by atoms with van der Waals surface area (Å²) in [5, 5.41) is 0. The molecule has 1 aromatic carbocycles. The van der Waals surface area contributed by atoms with Crippen molar-refractivity contribution in [3.63, 3.8) is 0 Å². The van der Waals surface area contributed by atoms with Gasteiger partial charge < -0.3 is 4.74 Å². The van der Waals surface area contributed by atoms with Crippen LogP contribution in [0, 0.1) is 0 Å². The molecule has 1 rings (SSSR count). The number of esters is 1. The van der Waals surface area contributed by atoms with E-state index in [0.29, 0.717) is 0 Å². The van der Waals surface area contributed by atoms with Crippen LogP contribution in [-0.2, 0) is 16.0 Å². The Kier molecular flexibility index (Phi) is 4.07. The normalized spacial score (nSPS) is 12.1. The highest BCUT2D eigenvalue weighted by Gasteiger charge is 2.18. The van der Waals surface area contributed by atoms with Crippen molar-refractivity contribution in [3.05, 3.63) is 35.9 Å². The number of benzene rings is 1. The highest BCUT2D eigenvalue weighted by molar-refractivity contribution is 5.75. The minimum Gasteiger partial charge on any atom is -0.468 e. The number of nitrogens with one attached hydrogen (secondary N) is 1. The highest BCUT2D eigenvalue weighted by Crippen LogP contribution is 2.04. The van der Waals surface area contributed by atoms with Gasteiger partial charge in [-0.1, -0.05) is 30.3 Å². The standard InChI is InChI=1S/C10H12FNO2/c1-14-10(13)9(12-11)7-8-5-3-2-4-6-8/h2-6,9,12H,7H2,1H3/t9-/m0/s1. The van der Waals surface area contributed by atoms with E-state index in [1.165, 1.54) is 12.6 Å². The topological polar surface area (TPSA) is 38.3 Å². The lowest BCUT2D eigenvalue weighted by Crippen LogP contribution is -2.34. The Morgan fingerprint density at radius 3 is 2.64 bits per heavy atom.